The first-order valence-corrected chi connectivity index (χ1v) is 40.3. The summed E-state index contributed by atoms with van der Waals surface area (Å²) in [5, 5.41) is 134. The molecule has 54 heteroatoms. The minimum Gasteiger partial charge on any atom is -0.550 e. The third-order valence-electron chi connectivity index (χ3n) is 16.9. The SMILES string of the molecule is CCCCCCCCOc1ccc(C)cc1OS(=O)Nc1cc(-c2n[nH]c(CC(=O)[O-])n2)ccc1OC.CCOC(=O)Cc1n[nH]c(CC(=O)[O-])n1.COOCC(C#N)C(C(=O)[O-])c1nc(-c2ccc(C)cc2)n[nH]1.Cc1ccc(-c2n[nH]c(CC(=O)[O-])n2)cc1.Cc1ccc(-c2n[nH]c(CC(=O)[O-])n2)cc1[N+](=O)[O-].Cc1nc(CC(=O)O)n[nH]1.Cc1nc(CC(=O)O)n[nH]1.[K+].[K+].[K+].[K+].[K+]. The van der Waals surface area contributed by atoms with Crippen molar-refractivity contribution < 1.29 is 368 Å². The zero-order valence-electron chi connectivity index (χ0n) is 76.7. The Morgan fingerprint density at radius 2 is 0.911 bits per heavy atom. The molecule has 0 aliphatic rings. The number of aromatic amines is 7. The number of aliphatic carboxylic acids is 7. The van der Waals surface area contributed by atoms with E-state index in [-0.39, 0.29) is 362 Å². The van der Waals surface area contributed by atoms with Crippen LogP contribution in [0.4, 0.5) is 11.4 Å². The summed E-state index contributed by atoms with van der Waals surface area (Å²) in [5.74, 6) is -5.46. The molecule has 135 heavy (non-hydrogen) atoms. The molecule has 0 amide bonds. The van der Waals surface area contributed by atoms with Crippen LogP contribution in [-0.4, -0.2) is 207 Å². The number of ether oxygens (including phenoxy) is 3. The number of rotatable bonds is 39. The molecule has 690 valence electrons. The van der Waals surface area contributed by atoms with Crippen LogP contribution in [0.5, 0.6) is 17.2 Å². The molecule has 5 aromatic carbocycles. The van der Waals surface area contributed by atoms with Gasteiger partial charge >= 0.3 is 286 Å². The molecule has 3 unspecified atom stereocenters. The van der Waals surface area contributed by atoms with E-state index in [1.54, 1.807) is 64.1 Å². The average Bonchev–Trinajstić information content (AvgIpc) is 1.80. The van der Waals surface area contributed by atoms with Crippen molar-refractivity contribution >= 4 is 70.4 Å². The molecule has 0 fully saturated rings. The summed E-state index contributed by atoms with van der Waals surface area (Å²) in [6.07, 6.45) is 5.25. The second-order valence-corrected chi connectivity index (χ2v) is 28.3. The molecule has 7 aromatic heterocycles. The molecule has 0 aliphatic carbocycles. The van der Waals surface area contributed by atoms with Crippen LogP contribution in [0.15, 0.2) is 103 Å². The van der Waals surface area contributed by atoms with Crippen molar-refractivity contribution in [2.45, 2.75) is 145 Å². The third kappa shape index (κ3) is 47.6. The molecule has 48 nitrogen and oxygen atoms in total. The van der Waals surface area contributed by atoms with Crippen LogP contribution < -0.4 is 301 Å². The van der Waals surface area contributed by atoms with Crippen molar-refractivity contribution in [3.63, 3.8) is 0 Å². The molecule has 0 aliphatic heterocycles. The number of hydrogen-bond donors (Lipinski definition) is 10. The molecule has 10 N–H and O–H groups in total. The van der Waals surface area contributed by atoms with Crippen molar-refractivity contribution in [3.8, 4) is 68.9 Å². The molecule has 7 heterocycles. The Balaban J connectivity index is 0.000000818. The summed E-state index contributed by atoms with van der Waals surface area (Å²) in [5.41, 5.74) is 6.62. The molecule has 0 saturated carbocycles. The van der Waals surface area contributed by atoms with Gasteiger partial charge in [0.25, 0.3) is 5.69 Å². The Morgan fingerprint density at radius 1 is 0.489 bits per heavy atom. The summed E-state index contributed by atoms with van der Waals surface area (Å²) in [6.45, 7) is 15.4. The molecular formula is C81H91K5N24O24S. The van der Waals surface area contributed by atoms with Crippen LogP contribution in [0.3, 0.4) is 0 Å². The predicted octanol–water partition coefficient (Wildman–Crippen LogP) is -13.0. The normalized spacial score (nSPS) is 10.7. The Hall–Kier alpha value is -7.82. The number of anilines is 1. The van der Waals surface area contributed by atoms with E-state index in [4.69, 9.17) is 29.1 Å². The summed E-state index contributed by atoms with van der Waals surface area (Å²) < 4.78 is 37.4. The zero-order valence-corrected chi connectivity index (χ0v) is 93.2. The van der Waals surface area contributed by atoms with Crippen molar-refractivity contribution in [2.24, 2.45) is 5.92 Å². The second kappa shape index (κ2) is 67.5. The number of methoxy groups -OCH3 is 1. The van der Waals surface area contributed by atoms with Crippen molar-refractivity contribution in [2.75, 3.05) is 38.8 Å². The minimum absolute atomic E-state index is 0. The maximum atomic E-state index is 12.9. The quantitative estimate of drug-likeness (QED) is 0.00427. The fraction of sp³-hybridized carbons (Fsp3) is 0.346. The van der Waals surface area contributed by atoms with E-state index in [2.05, 4.69) is 132 Å². The Morgan fingerprint density at radius 3 is 1.36 bits per heavy atom. The first kappa shape index (κ1) is 125. The second-order valence-electron chi connectivity index (χ2n) is 27.4. The summed E-state index contributed by atoms with van der Waals surface area (Å²) in [4.78, 5) is 132. The van der Waals surface area contributed by atoms with Crippen molar-refractivity contribution in [1.82, 2.24) is 106 Å². The van der Waals surface area contributed by atoms with Gasteiger partial charge in [-0.2, -0.15) is 45.2 Å². The van der Waals surface area contributed by atoms with Gasteiger partial charge in [0.2, 0.25) is 0 Å². The standard InChI is InChI=1S/C26H34N4O6S.C15H16N4O4.C11H10N4O4.C11H11N3O2.C8H11N3O4.2C5H7N3O2.5K/c1-4-5-6-7-8-9-14-35-22-12-10-18(2)15-23(22)36-37(33)30-20-16-19(11-13-21(20)34-3)26-27-24(28-29-26)17-25(31)32;1-9-3-5-10(6-4-9)13-17-14(19-18-13)12(15(20)21)11(7-16)8-23-22-2;1-6-2-3-7(4-8(6)15(18)19)11-12-9(13-14-11)5-10(16)17;1-7-2-4-8(5-3-7)11-12-9(13-14-11)6-10(15)16;1-2-15-8(14)4-6-9-5(10-11-6)3-7(12)13;2*1-3-6-4(8-7-3)2-5(9)10;;;;;/h10-13,15-16,30H,4-9,14,17H2,1-3H3,(H,31,32)(H,27,28,29);3-6,11-12H,8H2,1-2H3,(H,20,21)(H,17,18,19);2-4H,5H2,1H3,(H,16,17)(H,12,13,14);2-5H,6H2,1H3,(H,15,16)(H,12,13,14);2-4H2,1H3,(H,12,13)(H,9,10,11);2*2H2,1H3,(H,9,10)(H,6,7,8);;;;;/q;;;;;;;5*+1/p-5. The third-order valence-corrected chi connectivity index (χ3v) is 17.6. The van der Waals surface area contributed by atoms with E-state index in [1.165, 1.54) is 46.0 Å². The molecular weight excluding hydrogens is 1920 g/mol. The van der Waals surface area contributed by atoms with Gasteiger partial charge < -0.3 is 78.1 Å². The first-order valence-electron chi connectivity index (χ1n) is 39.2. The van der Waals surface area contributed by atoms with Crippen LogP contribution in [0.1, 0.15) is 139 Å². The monoisotopic (exact) mass is 2010 g/mol. The van der Waals surface area contributed by atoms with Crippen LogP contribution in [0.25, 0.3) is 45.6 Å². The number of carboxylic acids is 7. The smallest absolute Gasteiger partial charge is 0.550 e. The van der Waals surface area contributed by atoms with Crippen LogP contribution in [0.2, 0.25) is 0 Å². The number of nitro benzene ring substituents is 1. The van der Waals surface area contributed by atoms with Gasteiger partial charge in [0.05, 0.1) is 68.5 Å². The Bertz CT molecular complexity index is 5740. The number of nitrogens with zero attached hydrogens (tertiary/aromatic N) is 16. The number of carboxylic acid groups (broad SMARTS) is 7. The van der Waals surface area contributed by atoms with Gasteiger partial charge in [-0.3, -0.25) is 64.9 Å². The van der Waals surface area contributed by atoms with Crippen molar-refractivity contribution in [3.05, 3.63) is 194 Å². The molecule has 0 saturated heterocycles. The number of aromatic nitrogens is 21. The number of hydrogen-bond acceptors (Lipinski definition) is 37. The number of benzene rings is 5. The maximum absolute atomic E-state index is 12.9. The van der Waals surface area contributed by atoms with Crippen LogP contribution in [-0.2, 0) is 109 Å². The Labute approximate surface area is 986 Å². The van der Waals surface area contributed by atoms with E-state index in [9.17, 15) is 78.2 Å². The van der Waals surface area contributed by atoms with Gasteiger partial charge in [-0.15, -0.1) is 0 Å². The molecule has 0 bridgehead atoms. The van der Waals surface area contributed by atoms with E-state index in [0.29, 0.717) is 87.0 Å². The van der Waals surface area contributed by atoms with E-state index in [0.717, 1.165) is 40.7 Å². The van der Waals surface area contributed by atoms with Gasteiger partial charge in [-0.1, -0.05) is 117 Å². The Kier molecular flexibility index (Phi) is 62.6. The minimum atomic E-state index is -1.98. The maximum Gasteiger partial charge on any atom is 1.00 e. The van der Waals surface area contributed by atoms with E-state index >= 15 is 0 Å². The van der Waals surface area contributed by atoms with E-state index < -0.39 is 75.8 Å². The molecule has 12 rings (SSSR count). The first-order chi connectivity index (χ1) is 62.0. The van der Waals surface area contributed by atoms with Gasteiger partial charge in [0, 0.05) is 83.4 Å². The topological polar surface area (TPSA) is 735 Å². The molecule has 0 radical (unpaired) electrons. The number of aryl methyl sites for hydroxylation is 6. The van der Waals surface area contributed by atoms with Gasteiger partial charge in [-0.05, 0) is 90.8 Å². The number of carbonyl (C=O) groups is 8. The fourth-order valence-electron chi connectivity index (χ4n) is 10.8. The average molecular weight is 2010 g/mol. The van der Waals surface area contributed by atoms with Crippen LogP contribution >= 0.6 is 0 Å². The number of nitriles is 1. The fourth-order valence-corrected chi connectivity index (χ4v) is 11.5. The number of H-pyrrole nitrogens is 7. The van der Waals surface area contributed by atoms with Crippen LogP contribution in [0, 0.1) is 68.9 Å². The molecule has 3 atom stereocenters. The number of carbonyl (C=O) groups excluding carboxylic acids is 6. The van der Waals surface area contributed by atoms with E-state index in [1.807, 2.05) is 87.5 Å². The van der Waals surface area contributed by atoms with Crippen molar-refractivity contribution in [1.29, 1.82) is 5.26 Å². The number of nitrogens with one attached hydrogen (secondary N) is 8. The molecule has 0 spiro atoms. The largest absolute Gasteiger partial charge is 1.00 e. The predicted molar refractivity (Wildman–Crippen MR) is 443 cm³/mol. The number of nitro groups is 1. The molecule has 12 aromatic rings. The van der Waals surface area contributed by atoms with Gasteiger partial charge in [0.15, 0.2) is 52.3 Å². The van der Waals surface area contributed by atoms with Gasteiger partial charge in [-0.25, -0.2) is 44.7 Å². The summed E-state index contributed by atoms with van der Waals surface area (Å²) in [6, 6.07) is 32.0. The van der Waals surface area contributed by atoms with Gasteiger partial charge in [0.1, 0.15) is 65.8 Å². The zero-order chi connectivity index (χ0) is 95.4. The summed E-state index contributed by atoms with van der Waals surface area (Å²) >= 11 is -1.98. The number of esters is 1. The summed E-state index contributed by atoms with van der Waals surface area (Å²) in [7, 11) is 2.76. The number of unbranched alkanes of at least 4 members (excludes halogenated alkanes) is 5.